The van der Waals surface area contributed by atoms with Gasteiger partial charge in [-0.05, 0) is 66.8 Å². The lowest BCUT2D eigenvalue weighted by Gasteiger charge is -2.44. The van der Waals surface area contributed by atoms with E-state index in [0.29, 0.717) is 17.4 Å². The van der Waals surface area contributed by atoms with Gasteiger partial charge in [0.2, 0.25) is 0 Å². The van der Waals surface area contributed by atoms with Crippen LogP contribution in [0, 0.1) is 5.82 Å². The number of carbonyl (C=O) groups is 2. The summed E-state index contributed by atoms with van der Waals surface area (Å²) in [6.07, 6.45) is 6.32. The number of benzene rings is 3. The number of thioether (sulfide) groups is 1. The zero-order valence-corrected chi connectivity index (χ0v) is 21.7. The largest absolute Gasteiger partial charge is 0.346 e. The van der Waals surface area contributed by atoms with Gasteiger partial charge in [-0.1, -0.05) is 67.4 Å². The number of fused-ring (bicyclic) bond motifs is 1. The van der Waals surface area contributed by atoms with Crippen molar-refractivity contribution in [2.45, 2.75) is 56.5 Å². The molecule has 1 heterocycles. The van der Waals surface area contributed by atoms with Gasteiger partial charge in [0, 0.05) is 23.4 Å². The summed E-state index contributed by atoms with van der Waals surface area (Å²) < 4.78 is 13.4. The van der Waals surface area contributed by atoms with Crippen LogP contribution in [0.3, 0.4) is 0 Å². The molecule has 0 bridgehead atoms. The first-order valence-electron chi connectivity index (χ1n) is 12.9. The van der Waals surface area contributed by atoms with Gasteiger partial charge >= 0.3 is 0 Å². The van der Waals surface area contributed by atoms with E-state index in [1.54, 1.807) is 36.0 Å². The number of nitrogens with zero attached hydrogens (tertiary/aromatic N) is 1. The van der Waals surface area contributed by atoms with Gasteiger partial charge in [0.15, 0.2) is 0 Å². The maximum absolute atomic E-state index is 13.6. The van der Waals surface area contributed by atoms with Crippen molar-refractivity contribution >= 4 is 29.7 Å². The summed E-state index contributed by atoms with van der Waals surface area (Å²) in [5.74, 6) is -0.378. The molecular weight excluding hydrogens is 483 g/mol. The highest BCUT2D eigenvalue weighted by molar-refractivity contribution is 8.04. The fourth-order valence-corrected chi connectivity index (χ4v) is 6.61. The van der Waals surface area contributed by atoms with Crippen molar-refractivity contribution in [1.82, 2.24) is 10.2 Å². The smallest absolute Gasteiger partial charge is 0.260 e. The van der Waals surface area contributed by atoms with E-state index < -0.39 is 0 Å². The lowest BCUT2D eigenvalue weighted by molar-refractivity contribution is -0.130. The third-order valence-electron chi connectivity index (χ3n) is 7.20. The maximum Gasteiger partial charge on any atom is 0.260 e. The van der Waals surface area contributed by atoms with Crippen LogP contribution in [-0.2, 0) is 11.3 Å². The summed E-state index contributed by atoms with van der Waals surface area (Å²) in [7, 11) is 0. The van der Waals surface area contributed by atoms with E-state index in [9.17, 15) is 14.0 Å². The highest BCUT2D eigenvalue weighted by Gasteiger charge is 2.40. The number of rotatable bonds is 6. The summed E-state index contributed by atoms with van der Waals surface area (Å²) >= 11 is 1.68. The second-order valence-electron chi connectivity index (χ2n) is 9.80. The summed E-state index contributed by atoms with van der Waals surface area (Å²) in [4.78, 5) is 29.0. The van der Waals surface area contributed by atoms with E-state index in [1.807, 2.05) is 60.4 Å². The summed E-state index contributed by atoms with van der Waals surface area (Å²) in [6, 6.07) is 23.8. The molecule has 1 saturated carbocycles. The van der Waals surface area contributed by atoms with Gasteiger partial charge in [-0.3, -0.25) is 9.59 Å². The van der Waals surface area contributed by atoms with Crippen molar-refractivity contribution in [1.29, 1.82) is 0 Å². The van der Waals surface area contributed by atoms with Crippen molar-refractivity contribution in [3.8, 4) is 0 Å². The Morgan fingerprint density at radius 2 is 1.73 bits per heavy atom. The average molecular weight is 515 g/mol. The Morgan fingerprint density at radius 3 is 2.46 bits per heavy atom. The lowest BCUT2D eigenvalue weighted by atomic mass is 9.92. The normalized spacial score (nSPS) is 21.4. The average Bonchev–Trinajstić information content (AvgIpc) is 2.93. The van der Waals surface area contributed by atoms with E-state index in [0.717, 1.165) is 40.9 Å². The van der Waals surface area contributed by atoms with Gasteiger partial charge < -0.3 is 10.2 Å². The monoisotopic (exact) mass is 514 g/mol. The topological polar surface area (TPSA) is 49.4 Å². The third kappa shape index (κ3) is 5.96. The summed E-state index contributed by atoms with van der Waals surface area (Å²) in [5.41, 5.74) is 3.46. The molecule has 3 aromatic rings. The van der Waals surface area contributed by atoms with Crippen molar-refractivity contribution in [2.24, 2.45) is 0 Å². The summed E-state index contributed by atoms with van der Waals surface area (Å²) in [6.45, 7) is 2.45. The van der Waals surface area contributed by atoms with Crippen LogP contribution in [0.1, 0.15) is 65.7 Å². The Labute approximate surface area is 222 Å². The Morgan fingerprint density at radius 1 is 1.03 bits per heavy atom. The van der Waals surface area contributed by atoms with E-state index >= 15 is 0 Å². The molecule has 1 saturated heterocycles. The standard InChI is InChI=1S/C31H31FN2O2S/c1-21(24-7-3-2-4-8-24)33-30(35)25-15-11-22(12-16-25)19-29-31(36)34(20-23-13-17-26(32)18-14-23)27-9-5-6-10-28(27)37-29/h2-4,7-8,11-19,21,27-28H,5-6,9-10,20H2,1H3,(H,33,35)/b29-19-. The minimum atomic E-state index is -0.271. The Hall–Kier alpha value is -3.38. The number of amides is 2. The predicted molar refractivity (Wildman–Crippen MR) is 147 cm³/mol. The molecule has 3 unspecified atom stereocenters. The Kier molecular flexibility index (Phi) is 7.75. The van der Waals surface area contributed by atoms with Gasteiger partial charge in [-0.25, -0.2) is 4.39 Å². The molecule has 0 radical (unpaired) electrons. The van der Waals surface area contributed by atoms with Crippen molar-refractivity contribution in [3.05, 3.63) is 112 Å². The van der Waals surface area contributed by atoms with Crippen LogP contribution in [0.15, 0.2) is 83.8 Å². The molecule has 5 rings (SSSR count). The number of carbonyl (C=O) groups excluding carboxylic acids is 2. The van der Waals surface area contributed by atoms with Gasteiger partial charge in [0.05, 0.1) is 10.9 Å². The second-order valence-corrected chi connectivity index (χ2v) is 11.1. The van der Waals surface area contributed by atoms with Crippen LogP contribution in [0.25, 0.3) is 6.08 Å². The van der Waals surface area contributed by atoms with Crippen molar-refractivity contribution < 1.29 is 14.0 Å². The molecule has 3 atom stereocenters. The molecule has 0 spiro atoms. The predicted octanol–water partition coefficient (Wildman–Crippen LogP) is 6.74. The molecule has 3 aromatic carbocycles. The molecule has 2 amide bonds. The van der Waals surface area contributed by atoms with Crippen LogP contribution in [0.4, 0.5) is 4.39 Å². The van der Waals surface area contributed by atoms with Crippen LogP contribution >= 0.6 is 11.8 Å². The molecule has 1 aliphatic carbocycles. The zero-order valence-electron chi connectivity index (χ0n) is 20.9. The molecule has 37 heavy (non-hydrogen) atoms. The van der Waals surface area contributed by atoms with Crippen LogP contribution < -0.4 is 5.32 Å². The highest BCUT2D eigenvalue weighted by Crippen LogP contribution is 2.42. The van der Waals surface area contributed by atoms with Crippen LogP contribution in [0.2, 0.25) is 0 Å². The van der Waals surface area contributed by atoms with E-state index in [-0.39, 0.29) is 29.7 Å². The molecule has 4 nitrogen and oxygen atoms in total. The second kappa shape index (κ2) is 11.3. The molecule has 1 aliphatic heterocycles. The molecule has 1 N–H and O–H groups in total. The quantitative estimate of drug-likeness (QED) is 0.371. The first-order valence-corrected chi connectivity index (χ1v) is 13.8. The zero-order chi connectivity index (χ0) is 25.8. The number of hydrogen-bond donors (Lipinski definition) is 1. The van der Waals surface area contributed by atoms with Crippen molar-refractivity contribution in [3.63, 3.8) is 0 Å². The number of nitrogens with one attached hydrogen (secondary N) is 1. The van der Waals surface area contributed by atoms with Gasteiger partial charge in [-0.2, -0.15) is 0 Å². The molecular formula is C31H31FN2O2S. The SMILES string of the molecule is CC(NC(=O)c1ccc(/C=C2\SC3CCCCC3N(Cc3ccc(F)cc3)C2=O)cc1)c1ccccc1. The number of halogens is 1. The fraction of sp³-hybridized carbons (Fsp3) is 0.290. The molecule has 6 heteroatoms. The molecule has 2 fully saturated rings. The third-order valence-corrected chi connectivity index (χ3v) is 8.60. The minimum absolute atomic E-state index is 0.0241. The maximum atomic E-state index is 13.6. The van der Waals surface area contributed by atoms with E-state index in [1.165, 1.54) is 18.6 Å². The highest BCUT2D eigenvalue weighted by atomic mass is 32.2. The molecule has 190 valence electrons. The van der Waals surface area contributed by atoms with Crippen LogP contribution in [-0.4, -0.2) is 28.0 Å². The summed E-state index contributed by atoms with van der Waals surface area (Å²) in [5, 5.41) is 3.40. The lowest BCUT2D eigenvalue weighted by Crippen LogP contribution is -2.50. The molecule has 0 aromatic heterocycles. The van der Waals surface area contributed by atoms with E-state index in [2.05, 4.69) is 5.32 Å². The van der Waals surface area contributed by atoms with Crippen LogP contribution in [0.5, 0.6) is 0 Å². The Bertz CT molecular complexity index is 1270. The minimum Gasteiger partial charge on any atom is -0.346 e. The van der Waals surface area contributed by atoms with Gasteiger partial charge in [-0.15, -0.1) is 11.8 Å². The Balaban J connectivity index is 1.31. The van der Waals surface area contributed by atoms with Crippen molar-refractivity contribution in [2.75, 3.05) is 0 Å². The van der Waals surface area contributed by atoms with Gasteiger partial charge in [0.1, 0.15) is 5.82 Å². The van der Waals surface area contributed by atoms with Gasteiger partial charge in [0.25, 0.3) is 11.8 Å². The fourth-order valence-electron chi connectivity index (χ4n) is 5.14. The first kappa shape index (κ1) is 25.3. The first-order chi connectivity index (χ1) is 18.0. The molecule has 2 aliphatic rings. The van der Waals surface area contributed by atoms with E-state index in [4.69, 9.17) is 0 Å². The number of hydrogen-bond acceptors (Lipinski definition) is 3.